The fourth-order valence-corrected chi connectivity index (χ4v) is 4.55. The number of carbonyl (C=O) groups is 4. The number of amides is 3. The number of halogens is 4. The molecule has 0 saturated heterocycles. The molecule has 174 valence electrons. The number of rotatable bonds is 6. The summed E-state index contributed by atoms with van der Waals surface area (Å²) in [6, 6.07) is 12.9. The predicted molar refractivity (Wildman–Crippen MR) is 130 cm³/mol. The molecular weight excluding hydrogens is 526 g/mol. The monoisotopic (exact) mass is 538 g/mol. The number of anilines is 1. The molecule has 0 saturated carbocycles. The van der Waals surface area contributed by atoms with Gasteiger partial charge in [0.25, 0.3) is 17.7 Å². The zero-order chi connectivity index (χ0) is 24.6. The lowest BCUT2D eigenvalue weighted by Gasteiger charge is -2.13. The van der Waals surface area contributed by atoms with Crippen LogP contribution in [0.3, 0.4) is 0 Å². The standard InChI is InChI=1S/C23H14Cl4N2O5/c24-18-16-17(19(25)21(27)20(18)26)23(33)29(22(16)32)9-8-15(31)34-10-14(30)28-13-7-3-5-11-4-1-2-6-12(11)13/h1-7H,8-10H2,(H,28,30). The zero-order valence-electron chi connectivity index (χ0n) is 17.2. The second-order valence-corrected chi connectivity index (χ2v) is 8.77. The van der Waals surface area contributed by atoms with E-state index < -0.39 is 30.3 Å². The van der Waals surface area contributed by atoms with Crippen molar-refractivity contribution >= 4 is 86.6 Å². The minimum Gasteiger partial charge on any atom is -0.456 e. The van der Waals surface area contributed by atoms with Crippen LogP contribution >= 0.6 is 46.4 Å². The first kappa shape index (κ1) is 24.3. The summed E-state index contributed by atoms with van der Waals surface area (Å²) in [4.78, 5) is 50.6. The Labute approximate surface area is 213 Å². The van der Waals surface area contributed by atoms with Gasteiger partial charge in [0.1, 0.15) is 0 Å². The van der Waals surface area contributed by atoms with Crippen LogP contribution in [0.4, 0.5) is 5.69 Å². The van der Waals surface area contributed by atoms with E-state index in [1.54, 1.807) is 12.1 Å². The normalized spacial score (nSPS) is 12.8. The van der Waals surface area contributed by atoms with E-state index in [1.807, 2.05) is 30.3 Å². The second-order valence-electron chi connectivity index (χ2n) is 7.25. The number of carbonyl (C=O) groups excluding carboxylic acids is 4. The molecule has 4 rings (SSSR count). The Morgan fingerprint density at radius 3 is 2.06 bits per heavy atom. The van der Waals surface area contributed by atoms with Crippen molar-refractivity contribution in [2.45, 2.75) is 6.42 Å². The second kappa shape index (κ2) is 9.80. The van der Waals surface area contributed by atoms with Crippen LogP contribution in [0.5, 0.6) is 0 Å². The minimum absolute atomic E-state index is 0.147. The van der Waals surface area contributed by atoms with Gasteiger partial charge in [-0.15, -0.1) is 0 Å². The van der Waals surface area contributed by atoms with Gasteiger partial charge in [-0.25, -0.2) is 0 Å². The van der Waals surface area contributed by atoms with E-state index >= 15 is 0 Å². The van der Waals surface area contributed by atoms with Gasteiger partial charge in [-0.1, -0.05) is 82.8 Å². The van der Waals surface area contributed by atoms with Crippen molar-refractivity contribution in [3.05, 3.63) is 73.7 Å². The van der Waals surface area contributed by atoms with Gasteiger partial charge in [0.2, 0.25) is 0 Å². The molecule has 1 aliphatic heterocycles. The molecule has 3 amide bonds. The molecule has 0 aliphatic carbocycles. The summed E-state index contributed by atoms with van der Waals surface area (Å²) < 4.78 is 4.99. The molecule has 0 aromatic heterocycles. The number of fused-ring (bicyclic) bond motifs is 2. The van der Waals surface area contributed by atoms with Gasteiger partial charge < -0.3 is 10.1 Å². The number of hydrogen-bond acceptors (Lipinski definition) is 5. The van der Waals surface area contributed by atoms with Crippen molar-refractivity contribution in [1.82, 2.24) is 4.90 Å². The SMILES string of the molecule is O=C(COC(=O)CCN1C(=O)c2c(Cl)c(Cl)c(Cl)c(Cl)c2C1=O)Nc1cccc2ccccc12. The van der Waals surface area contributed by atoms with E-state index in [2.05, 4.69) is 5.32 Å². The fourth-order valence-electron chi connectivity index (χ4n) is 3.54. The van der Waals surface area contributed by atoms with E-state index in [-0.39, 0.29) is 44.2 Å². The Morgan fingerprint density at radius 2 is 1.41 bits per heavy atom. The summed E-state index contributed by atoms with van der Waals surface area (Å²) in [7, 11) is 0. The van der Waals surface area contributed by atoms with Crippen molar-refractivity contribution in [1.29, 1.82) is 0 Å². The van der Waals surface area contributed by atoms with Crippen LogP contribution < -0.4 is 5.32 Å². The lowest BCUT2D eigenvalue weighted by atomic mass is 10.1. The molecule has 0 atom stereocenters. The van der Waals surface area contributed by atoms with E-state index in [9.17, 15) is 19.2 Å². The maximum atomic E-state index is 12.7. The Kier molecular flexibility index (Phi) is 7.00. The molecule has 0 unspecified atom stereocenters. The van der Waals surface area contributed by atoms with Crippen molar-refractivity contribution < 1.29 is 23.9 Å². The van der Waals surface area contributed by atoms with Gasteiger partial charge in [0, 0.05) is 17.6 Å². The largest absolute Gasteiger partial charge is 0.456 e. The zero-order valence-corrected chi connectivity index (χ0v) is 20.2. The molecule has 1 N–H and O–H groups in total. The molecule has 7 nitrogen and oxygen atoms in total. The summed E-state index contributed by atoms with van der Waals surface area (Å²) >= 11 is 24.1. The van der Waals surface area contributed by atoms with Crippen LogP contribution in [0.1, 0.15) is 27.1 Å². The van der Waals surface area contributed by atoms with Crippen LogP contribution in [-0.4, -0.2) is 41.7 Å². The van der Waals surface area contributed by atoms with Crippen molar-refractivity contribution in [3.8, 4) is 0 Å². The highest BCUT2D eigenvalue weighted by Gasteiger charge is 2.41. The van der Waals surface area contributed by atoms with Crippen LogP contribution in [0, 0.1) is 0 Å². The van der Waals surface area contributed by atoms with Crippen LogP contribution in [0.15, 0.2) is 42.5 Å². The average Bonchev–Trinajstić information content (AvgIpc) is 3.08. The Hall–Kier alpha value is -2.84. The Balaban J connectivity index is 1.35. The summed E-state index contributed by atoms with van der Waals surface area (Å²) in [5, 5.41) is 3.80. The molecular formula is C23H14Cl4N2O5. The summed E-state index contributed by atoms with van der Waals surface area (Å²) in [6.45, 7) is -0.842. The molecule has 0 spiro atoms. The first-order valence-corrected chi connectivity index (χ1v) is 11.4. The van der Waals surface area contributed by atoms with Gasteiger partial charge in [0.05, 0.1) is 37.6 Å². The lowest BCUT2D eigenvalue weighted by molar-refractivity contribution is -0.147. The lowest BCUT2D eigenvalue weighted by Crippen LogP contribution is -2.32. The van der Waals surface area contributed by atoms with Gasteiger partial charge in [-0.3, -0.25) is 24.1 Å². The smallest absolute Gasteiger partial charge is 0.308 e. The van der Waals surface area contributed by atoms with Gasteiger partial charge in [-0.05, 0) is 11.5 Å². The van der Waals surface area contributed by atoms with Crippen LogP contribution in [0.25, 0.3) is 10.8 Å². The Bertz CT molecular complexity index is 1320. The van der Waals surface area contributed by atoms with Crippen LogP contribution in [-0.2, 0) is 14.3 Å². The third-order valence-corrected chi connectivity index (χ3v) is 6.95. The molecule has 34 heavy (non-hydrogen) atoms. The molecule has 11 heteroatoms. The molecule has 0 radical (unpaired) electrons. The molecule has 1 heterocycles. The summed E-state index contributed by atoms with van der Waals surface area (Å²) in [6.07, 6.45) is -0.344. The number of imide groups is 1. The highest BCUT2D eigenvalue weighted by atomic mass is 35.5. The van der Waals surface area contributed by atoms with E-state index in [0.717, 1.165) is 15.7 Å². The van der Waals surface area contributed by atoms with Gasteiger partial charge in [0.15, 0.2) is 6.61 Å². The number of nitrogens with zero attached hydrogens (tertiary/aromatic N) is 1. The molecule has 3 aromatic carbocycles. The van der Waals surface area contributed by atoms with E-state index in [1.165, 1.54) is 0 Å². The average molecular weight is 540 g/mol. The quantitative estimate of drug-likeness (QED) is 0.190. The number of benzene rings is 3. The number of ether oxygens (including phenoxy) is 1. The topological polar surface area (TPSA) is 92.8 Å². The number of nitrogens with one attached hydrogen (secondary N) is 1. The highest BCUT2D eigenvalue weighted by Crippen LogP contribution is 2.44. The first-order valence-electron chi connectivity index (χ1n) is 9.86. The third-order valence-electron chi connectivity index (χ3n) is 5.15. The maximum absolute atomic E-state index is 12.7. The van der Waals surface area contributed by atoms with Crippen molar-refractivity contribution in [2.24, 2.45) is 0 Å². The summed E-state index contributed by atoms with van der Waals surface area (Å²) in [5.41, 5.74) is 0.235. The van der Waals surface area contributed by atoms with Crippen molar-refractivity contribution in [2.75, 3.05) is 18.5 Å². The number of esters is 1. The van der Waals surface area contributed by atoms with E-state index in [4.69, 9.17) is 51.1 Å². The van der Waals surface area contributed by atoms with Gasteiger partial charge >= 0.3 is 5.97 Å². The number of hydrogen-bond donors (Lipinski definition) is 1. The minimum atomic E-state index is -0.780. The Morgan fingerprint density at radius 1 is 0.824 bits per heavy atom. The molecule has 3 aromatic rings. The van der Waals surface area contributed by atoms with Crippen LogP contribution in [0.2, 0.25) is 20.1 Å². The first-order chi connectivity index (χ1) is 16.2. The maximum Gasteiger partial charge on any atom is 0.308 e. The summed E-state index contributed by atoms with van der Waals surface area (Å²) in [5.74, 6) is -2.83. The predicted octanol–water partition coefficient (Wildman–Crippen LogP) is 5.62. The fraction of sp³-hybridized carbons (Fsp3) is 0.130. The van der Waals surface area contributed by atoms with Crippen molar-refractivity contribution in [3.63, 3.8) is 0 Å². The van der Waals surface area contributed by atoms with Gasteiger partial charge in [-0.2, -0.15) is 0 Å². The highest BCUT2D eigenvalue weighted by molar-refractivity contribution is 6.55. The third kappa shape index (κ3) is 4.44. The molecule has 0 fully saturated rings. The van der Waals surface area contributed by atoms with E-state index in [0.29, 0.717) is 5.69 Å². The molecule has 0 bridgehead atoms. The molecule has 1 aliphatic rings.